The summed E-state index contributed by atoms with van der Waals surface area (Å²) in [6, 6.07) is 5.91. The predicted octanol–water partition coefficient (Wildman–Crippen LogP) is 2.13. The highest BCUT2D eigenvalue weighted by molar-refractivity contribution is 5.15. The first-order chi connectivity index (χ1) is 6.36. The van der Waals surface area contributed by atoms with Gasteiger partial charge in [-0.25, -0.2) is 0 Å². The third-order valence-corrected chi connectivity index (χ3v) is 1.99. The van der Waals surface area contributed by atoms with Crippen LogP contribution in [0.3, 0.4) is 0 Å². The zero-order valence-corrected chi connectivity index (χ0v) is 7.53. The molecule has 2 aromatic rings. The summed E-state index contributed by atoms with van der Waals surface area (Å²) in [4.78, 5) is 0. The lowest BCUT2D eigenvalue weighted by molar-refractivity contribution is 0.507. The Morgan fingerprint density at radius 2 is 2.15 bits per heavy atom. The van der Waals surface area contributed by atoms with Crippen molar-refractivity contribution in [3.63, 3.8) is 0 Å². The fourth-order valence-corrected chi connectivity index (χ4v) is 1.19. The van der Waals surface area contributed by atoms with Crippen LogP contribution in [0.1, 0.15) is 11.3 Å². The molecule has 0 amide bonds. The highest BCUT2D eigenvalue weighted by Gasteiger charge is 1.99. The van der Waals surface area contributed by atoms with E-state index in [1.165, 1.54) is 5.56 Å². The molecule has 0 saturated carbocycles. The van der Waals surface area contributed by atoms with Crippen LogP contribution >= 0.6 is 0 Å². The molecule has 0 unspecified atom stereocenters. The SMILES string of the molecule is Cc1ccoc1CNn1cccc1. The van der Waals surface area contributed by atoms with Crippen molar-refractivity contribution in [1.29, 1.82) is 0 Å². The van der Waals surface area contributed by atoms with Gasteiger partial charge < -0.3 is 9.84 Å². The quantitative estimate of drug-likeness (QED) is 0.776. The molecule has 1 N–H and O–H groups in total. The van der Waals surface area contributed by atoms with Gasteiger partial charge >= 0.3 is 0 Å². The molecule has 3 nitrogen and oxygen atoms in total. The van der Waals surface area contributed by atoms with Crippen molar-refractivity contribution in [1.82, 2.24) is 4.68 Å². The topological polar surface area (TPSA) is 30.1 Å². The highest BCUT2D eigenvalue weighted by Crippen LogP contribution is 2.08. The number of rotatable bonds is 3. The number of furan rings is 1. The molecule has 0 atom stereocenters. The van der Waals surface area contributed by atoms with Crippen molar-refractivity contribution in [3.05, 3.63) is 48.2 Å². The molecule has 3 heteroatoms. The molecule has 0 aliphatic rings. The van der Waals surface area contributed by atoms with Crippen LogP contribution in [0, 0.1) is 6.92 Å². The van der Waals surface area contributed by atoms with Crippen LogP contribution in [0.15, 0.2) is 41.3 Å². The van der Waals surface area contributed by atoms with Gasteiger partial charge in [0.05, 0.1) is 12.8 Å². The molecule has 0 aliphatic carbocycles. The number of hydrogen-bond acceptors (Lipinski definition) is 2. The normalized spacial score (nSPS) is 10.2. The standard InChI is InChI=1S/C10H12N2O/c1-9-4-7-13-10(9)8-11-12-5-2-3-6-12/h2-7,11H,8H2,1H3. The van der Waals surface area contributed by atoms with Crippen LogP contribution in [-0.4, -0.2) is 4.68 Å². The van der Waals surface area contributed by atoms with Crippen molar-refractivity contribution in [3.8, 4) is 0 Å². The summed E-state index contributed by atoms with van der Waals surface area (Å²) in [6.45, 7) is 2.75. The minimum absolute atomic E-state index is 0.716. The van der Waals surface area contributed by atoms with E-state index in [1.807, 2.05) is 42.2 Å². The third kappa shape index (κ3) is 1.75. The maximum atomic E-state index is 5.29. The average molecular weight is 176 g/mol. The molecule has 0 saturated heterocycles. The molecule has 0 aliphatic heterocycles. The van der Waals surface area contributed by atoms with Gasteiger partial charge in [0.15, 0.2) is 0 Å². The maximum Gasteiger partial charge on any atom is 0.127 e. The molecule has 2 heterocycles. The van der Waals surface area contributed by atoms with Gasteiger partial charge in [-0.1, -0.05) is 0 Å². The molecular weight excluding hydrogens is 164 g/mol. The van der Waals surface area contributed by atoms with Crippen molar-refractivity contribution >= 4 is 0 Å². The minimum atomic E-state index is 0.716. The lowest BCUT2D eigenvalue weighted by atomic mass is 10.3. The van der Waals surface area contributed by atoms with Crippen LogP contribution in [0.5, 0.6) is 0 Å². The highest BCUT2D eigenvalue weighted by atomic mass is 16.3. The van der Waals surface area contributed by atoms with Gasteiger partial charge in [0.2, 0.25) is 0 Å². The van der Waals surface area contributed by atoms with Gasteiger partial charge in [0.1, 0.15) is 5.76 Å². The second kappa shape index (κ2) is 3.39. The van der Waals surface area contributed by atoms with E-state index in [1.54, 1.807) is 6.26 Å². The molecule has 13 heavy (non-hydrogen) atoms. The first-order valence-electron chi connectivity index (χ1n) is 4.26. The van der Waals surface area contributed by atoms with E-state index in [-0.39, 0.29) is 0 Å². The summed E-state index contributed by atoms with van der Waals surface area (Å²) < 4.78 is 7.19. The van der Waals surface area contributed by atoms with Crippen LogP contribution in [0.4, 0.5) is 0 Å². The Morgan fingerprint density at radius 1 is 1.38 bits per heavy atom. The molecule has 0 spiro atoms. The Bertz CT molecular complexity index is 362. The van der Waals surface area contributed by atoms with Crippen molar-refractivity contribution in [2.75, 3.05) is 5.43 Å². The molecule has 0 aromatic carbocycles. The molecule has 0 bridgehead atoms. The van der Waals surface area contributed by atoms with E-state index in [0.717, 1.165) is 5.76 Å². The minimum Gasteiger partial charge on any atom is -0.467 e. The molecular formula is C10H12N2O. The summed E-state index contributed by atoms with van der Waals surface area (Å²) in [5, 5.41) is 0. The fraction of sp³-hybridized carbons (Fsp3) is 0.200. The summed E-state index contributed by atoms with van der Waals surface area (Å²) in [6.07, 6.45) is 5.62. The Hall–Kier alpha value is -1.64. The van der Waals surface area contributed by atoms with E-state index in [2.05, 4.69) is 5.43 Å². The monoisotopic (exact) mass is 176 g/mol. The Balaban J connectivity index is 1.97. The Kier molecular flexibility index (Phi) is 2.08. The predicted molar refractivity (Wildman–Crippen MR) is 50.9 cm³/mol. The Labute approximate surface area is 77.0 Å². The van der Waals surface area contributed by atoms with E-state index < -0.39 is 0 Å². The van der Waals surface area contributed by atoms with E-state index in [9.17, 15) is 0 Å². The van der Waals surface area contributed by atoms with Crippen molar-refractivity contribution in [2.24, 2.45) is 0 Å². The average Bonchev–Trinajstić information content (AvgIpc) is 2.72. The van der Waals surface area contributed by atoms with E-state index in [0.29, 0.717) is 6.54 Å². The number of nitrogens with one attached hydrogen (secondary N) is 1. The Morgan fingerprint density at radius 3 is 2.77 bits per heavy atom. The van der Waals surface area contributed by atoms with Gasteiger partial charge in [0.25, 0.3) is 0 Å². The first-order valence-corrected chi connectivity index (χ1v) is 4.26. The smallest absolute Gasteiger partial charge is 0.127 e. The van der Waals surface area contributed by atoms with E-state index in [4.69, 9.17) is 4.42 Å². The van der Waals surface area contributed by atoms with Gasteiger partial charge in [0, 0.05) is 12.4 Å². The summed E-state index contributed by atoms with van der Waals surface area (Å²) >= 11 is 0. The summed E-state index contributed by atoms with van der Waals surface area (Å²) in [5.41, 5.74) is 4.37. The first kappa shape index (κ1) is 7.98. The molecule has 0 fully saturated rings. The number of aryl methyl sites for hydroxylation is 1. The number of aromatic nitrogens is 1. The number of nitrogens with zero attached hydrogens (tertiary/aromatic N) is 1. The van der Waals surface area contributed by atoms with Crippen LogP contribution < -0.4 is 5.43 Å². The summed E-state index contributed by atoms with van der Waals surface area (Å²) in [5.74, 6) is 0.980. The van der Waals surface area contributed by atoms with Crippen molar-refractivity contribution < 1.29 is 4.42 Å². The van der Waals surface area contributed by atoms with Gasteiger partial charge in [-0.15, -0.1) is 0 Å². The number of hydrogen-bond donors (Lipinski definition) is 1. The van der Waals surface area contributed by atoms with Crippen molar-refractivity contribution in [2.45, 2.75) is 13.5 Å². The zero-order chi connectivity index (χ0) is 9.10. The lowest BCUT2D eigenvalue weighted by Gasteiger charge is -2.05. The second-order valence-corrected chi connectivity index (χ2v) is 2.95. The lowest BCUT2D eigenvalue weighted by Crippen LogP contribution is -2.11. The third-order valence-electron chi connectivity index (χ3n) is 1.99. The van der Waals surface area contributed by atoms with Crippen LogP contribution in [0.25, 0.3) is 0 Å². The largest absolute Gasteiger partial charge is 0.467 e. The van der Waals surface area contributed by atoms with E-state index >= 15 is 0 Å². The summed E-state index contributed by atoms with van der Waals surface area (Å²) in [7, 11) is 0. The van der Waals surface area contributed by atoms with Gasteiger partial charge in [-0.2, -0.15) is 0 Å². The van der Waals surface area contributed by atoms with Crippen LogP contribution in [0.2, 0.25) is 0 Å². The fourth-order valence-electron chi connectivity index (χ4n) is 1.19. The van der Waals surface area contributed by atoms with Gasteiger partial charge in [-0.05, 0) is 30.7 Å². The van der Waals surface area contributed by atoms with Gasteiger partial charge in [-0.3, -0.25) is 4.68 Å². The zero-order valence-electron chi connectivity index (χ0n) is 7.53. The molecule has 2 aromatic heterocycles. The molecule has 2 rings (SSSR count). The van der Waals surface area contributed by atoms with Crippen LogP contribution in [-0.2, 0) is 6.54 Å². The molecule has 68 valence electrons. The maximum absolute atomic E-state index is 5.29. The second-order valence-electron chi connectivity index (χ2n) is 2.95. The molecule has 0 radical (unpaired) electrons.